The van der Waals surface area contributed by atoms with E-state index in [9.17, 15) is 14.7 Å². The molecule has 2 atom stereocenters. The molecule has 8 heteroatoms. The first-order valence-corrected chi connectivity index (χ1v) is 10.3. The van der Waals surface area contributed by atoms with Gasteiger partial charge in [-0.05, 0) is 18.2 Å². The van der Waals surface area contributed by atoms with Crippen molar-refractivity contribution in [2.75, 3.05) is 32.8 Å². The summed E-state index contributed by atoms with van der Waals surface area (Å²) in [5.74, 6) is 0.175. The number of nitrogens with one attached hydrogen (secondary N) is 1. The van der Waals surface area contributed by atoms with Crippen molar-refractivity contribution in [2.45, 2.75) is 12.1 Å². The summed E-state index contributed by atoms with van der Waals surface area (Å²) in [6.45, 7) is 1.97. The lowest BCUT2D eigenvalue weighted by atomic mass is 10.0. The summed E-state index contributed by atoms with van der Waals surface area (Å²) < 4.78 is 11.5. The highest BCUT2D eigenvalue weighted by Gasteiger charge is 2.36. The van der Waals surface area contributed by atoms with E-state index in [1.54, 1.807) is 17.2 Å². The summed E-state index contributed by atoms with van der Waals surface area (Å²) in [7, 11) is 0. The highest BCUT2D eigenvalue weighted by Crippen LogP contribution is 2.32. The fourth-order valence-electron chi connectivity index (χ4n) is 4.35. The molecule has 1 fully saturated rings. The number of aliphatic carboxylic acids is 1. The molecule has 0 radical (unpaired) electrons. The highest BCUT2D eigenvalue weighted by molar-refractivity contribution is 5.89. The fourth-order valence-corrected chi connectivity index (χ4v) is 4.35. The SMILES string of the molecule is O=C(O)C(c1c[nH]c2ccccc12)N1CCN(C(=O)C2COc3ccccc3O2)CC1. The first-order valence-electron chi connectivity index (χ1n) is 10.3. The van der Waals surface area contributed by atoms with Gasteiger partial charge < -0.3 is 24.5 Å². The molecule has 5 rings (SSSR count). The van der Waals surface area contributed by atoms with E-state index in [1.165, 1.54) is 0 Å². The molecule has 1 aromatic heterocycles. The smallest absolute Gasteiger partial charge is 0.325 e. The Morgan fingerprint density at radius 3 is 2.48 bits per heavy atom. The second-order valence-electron chi connectivity index (χ2n) is 7.76. The molecule has 2 aromatic carbocycles. The van der Waals surface area contributed by atoms with E-state index >= 15 is 0 Å². The number of aromatic amines is 1. The summed E-state index contributed by atoms with van der Waals surface area (Å²) in [6, 6.07) is 14.2. The zero-order chi connectivity index (χ0) is 21.4. The van der Waals surface area contributed by atoms with Crippen molar-refractivity contribution in [3.8, 4) is 11.5 Å². The molecule has 0 bridgehead atoms. The Hall–Kier alpha value is -3.52. The Morgan fingerprint density at radius 1 is 1.00 bits per heavy atom. The third-order valence-corrected chi connectivity index (χ3v) is 5.92. The molecule has 1 saturated heterocycles. The fraction of sp³-hybridized carbons (Fsp3) is 0.304. The van der Waals surface area contributed by atoms with Crippen LogP contribution in [0.5, 0.6) is 11.5 Å². The molecule has 3 aromatic rings. The van der Waals surface area contributed by atoms with Crippen LogP contribution >= 0.6 is 0 Å². The van der Waals surface area contributed by atoms with Crippen LogP contribution in [0.25, 0.3) is 10.9 Å². The summed E-state index contributed by atoms with van der Waals surface area (Å²) >= 11 is 0. The number of carbonyl (C=O) groups excluding carboxylic acids is 1. The van der Waals surface area contributed by atoms with Gasteiger partial charge in [0.1, 0.15) is 12.6 Å². The van der Waals surface area contributed by atoms with Gasteiger partial charge in [-0.3, -0.25) is 14.5 Å². The molecular weight excluding hydrogens is 398 g/mol. The molecule has 160 valence electrons. The molecule has 0 spiro atoms. The van der Waals surface area contributed by atoms with E-state index in [0.29, 0.717) is 37.7 Å². The maximum atomic E-state index is 13.0. The molecule has 2 unspecified atom stereocenters. The van der Waals surface area contributed by atoms with Crippen molar-refractivity contribution in [3.05, 3.63) is 60.3 Å². The highest BCUT2D eigenvalue weighted by atomic mass is 16.6. The summed E-state index contributed by atoms with van der Waals surface area (Å²) in [5, 5.41) is 10.9. The number of benzene rings is 2. The van der Waals surface area contributed by atoms with Gasteiger partial charge in [-0.15, -0.1) is 0 Å². The van der Waals surface area contributed by atoms with Crippen molar-refractivity contribution < 1.29 is 24.2 Å². The molecular formula is C23H23N3O5. The van der Waals surface area contributed by atoms with E-state index in [2.05, 4.69) is 4.98 Å². The number of hydrogen-bond donors (Lipinski definition) is 2. The van der Waals surface area contributed by atoms with Gasteiger partial charge in [0.05, 0.1) is 0 Å². The summed E-state index contributed by atoms with van der Waals surface area (Å²) in [6.07, 6.45) is 1.08. The Kier molecular flexibility index (Phi) is 4.99. The molecule has 8 nitrogen and oxygen atoms in total. The predicted molar refractivity (Wildman–Crippen MR) is 113 cm³/mol. The van der Waals surface area contributed by atoms with Gasteiger partial charge in [0.25, 0.3) is 5.91 Å². The van der Waals surface area contributed by atoms with Crippen molar-refractivity contribution >= 4 is 22.8 Å². The molecule has 1 amide bonds. The minimum absolute atomic E-state index is 0.131. The zero-order valence-electron chi connectivity index (χ0n) is 16.9. The minimum atomic E-state index is -0.898. The molecule has 3 heterocycles. The third kappa shape index (κ3) is 3.59. The average molecular weight is 421 g/mol. The number of ether oxygens (including phenoxy) is 2. The predicted octanol–water partition coefficient (Wildman–Crippen LogP) is 2.28. The number of H-pyrrole nitrogens is 1. The van der Waals surface area contributed by atoms with Crippen molar-refractivity contribution in [3.63, 3.8) is 0 Å². The topological polar surface area (TPSA) is 95.1 Å². The molecule has 2 aliphatic heterocycles. The largest absolute Gasteiger partial charge is 0.485 e. The van der Waals surface area contributed by atoms with E-state index in [4.69, 9.17) is 9.47 Å². The van der Waals surface area contributed by atoms with Crippen LogP contribution in [0, 0.1) is 0 Å². The van der Waals surface area contributed by atoms with Crippen LogP contribution in [0.15, 0.2) is 54.7 Å². The van der Waals surface area contributed by atoms with Crippen molar-refractivity contribution in [1.82, 2.24) is 14.8 Å². The van der Waals surface area contributed by atoms with Gasteiger partial charge in [-0.25, -0.2) is 0 Å². The van der Waals surface area contributed by atoms with Crippen LogP contribution < -0.4 is 9.47 Å². The molecule has 0 aliphatic carbocycles. The van der Waals surface area contributed by atoms with Crippen LogP contribution in [-0.2, 0) is 9.59 Å². The van der Waals surface area contributed by atoms with Crippen LogP contribution in [0.1, 0.15) is 11.6 Å². The Morgan fingerprint density at radius 2 is 1.71 bits per heavy atom. The van der Waals surface area contributed by atoms with E-state index < -0.39 is 18.1 Å². The van der Waals surface area contributed by atoms with E-state index in [0.717, 1.165) is 16.5 Å². The van der Waals surface area contributed by atoms with E-state index in [-0.39, 0.29) is 12.5 Å². The minimum Gasteiger partial charge on any atom is -0.485 e. The maximum absolute atomic E-state index is 13.0. The maximum Gasteiger partial charge on any atom is 0.325 e. The number of carboxylic acid groups (broad SMARTS) is 1. The lowest BCUT2D eigenvalue weighted by Gasteiger charge is -2.39. The van der Waals surface area contributed by atoms with Gasteiger partial charge in [0, 0.05) is 48.8 Å². The number of rotatable bonds is 4. The van der Waals surface area contributed by atoms with Gasteiger partial charge in [-0.2, -0.15) is 0 Å². The Balaban J connectivity index is 1.27. The lowest BCUT2D eigenvalue weighted by molar-refractivity contribution is -0.147. The first-order chi connectivity index (χ1) is 15.1. The number of aromatic nitrogens is 1. The number of carbonyl (C=O) groups is 2. The number of para-hydroxylation sites is 3. The normalized spacial score (nSPS) is 19.9. The van der Waals surface area contributed by atoms with Crippen molar-refractivity contribution in [1.29, 1.82) is 0 Å². The number of fused-ring (bicyclic) bond motifs is 2. The first kappa shape index (κ1) is 19.4. The van der Waals surface area contributed by atoms with E-state index in [1.807, 2.05) is 47.4 Å². The molecule has 31 heavy (non-hydrogen) atoms. The van der Waals surface area contributed by atoms with Crippen molar-refractivity contribution in [2.24, 2.45) is 0 Å². The third-order valence-electron chi connectivity index (χ3n) is 5.92. The van der Waals surface area contributed by atoms with Gasteiger partial charge >= 0.3 is 5.97 Å². The number of nitrogens with zero attached hydrogens (tertiary/aromatic N) is 2. The van der Waals surface area contributed by atoms with Gasteiger partial charge in [-0.1, -0.05) is 30.3 Å². The van der Waals surface area contributed by atoms with Gasteiger partial charge in [0.15, 0.2) is 11.5 Å². The molecule has 2 N–H and O–H groups in total. The van der Waals surface area contributed by atoms with Crippen LogP contribution in [0.3, 0.4) is 0 Å². The average Bonchev–Trinajstić information content (AvgIpc) is 3.22. The molecule has 2 aliphatic rings. The van der Waals surface area contributed by atoms with Crippen LogP contribution in [0.2, 0.25) is 0 Å². The Labute approximate surface area is 179 Å². The van der Waals surface area contributed by atoms with Crippen LogP contribution in [0.4, 0.5) is 0 Å². The number of carboxylic acids is 1. The standard InChI is InChI=1S/C23H23N3O5/c27-22(20-14-30-18-7-3-4-8-19(18)31-20)26-11-9-25(10-12-26)21(23(28)29)16-13-24-17-6-2-1-5-15(16)17/h1-8,13,20-21,24H,9-12,14H2,(H,28,29). The second kappa shape index (κ2) is 7.96. The number of amides is 1. The summed E-state index contributed by atoms with van der Waals surface area (Å²) in [5.41, 5.74) is 1.65. The lowest BCUT2D eigenvalue weighted by Crippen LogP contribution is -2.55. The Bertz CT molecular complexity index is 1120. The van der Waals surface area contributed by atoms with Crippen LogP contribution in [-0.4, -0.2) is 70.7 Å². The van der Waals surface area contributed by atoms with Gasteiger partial charge in [0.2, 0.25) is 6.10 Å². The number of piperazine rings is 1. The quantitative estimate of drug-likeness (QED) is 0.671. The second-order valence-corrected chi connectivity index (χ2v) is 7.76. The monoisotopic (exact) mass is 421 g/mol. The number of hydrogen-bond acceptors (Lipinski definition) is 5. The summed E-state index contributed by atoms with van der Waals surface area (Å²) in [4.78, 5) is 31.9. The molecule has 0 saturated carbocycles. The zero-order valence-corrected chi connectivity index (χ0v) is 16.9.